The van der Waals surface area contributed by atoms with E-state index < -0.39 is 21.8 Å². The molecule has 2 rings (SSSR count). The van der Waals surface area contributed by atoms with Crippen LogP contribution in [0, 0.1) is 5.92 Å². The average molecular weight is 359 g/mol. The Morgan fingerprint density at radius 1 is 1.36 bits per heavy atom. The van der Waals surface area contributed by atoms with Crippen LogP contribution >= 0.6 is 12.4 Å². The molecule has 0 aromatic heterocycles. The minimum atomic E-state index is -4.58. The van der Waals surface area contributed by atoms with Gasteiger partial charge in [-0.15, -0.1) is 12.4 Å². The van der Waals surface area contributed by atoms with Crippen molar-refractivity contribution in [2.24, 2.45) is 11.7 Å². The summed E-state index contributed by atoms with van der Waals surface area (Å²) in [5.74, 6) is 0.195. The number of hydrogen-bond acceptors (Lipinski definition) is 3. The lowest BCUT2D eigenvalue weighted by molar-refractivity contribution is -0.137. The van der Waals surface area contributed by atoms with Gasteiger partial charge in [0.25, 0.3) is 0 Å². The number of benzene rings is 1. The fraction of sp³-hybridized carbons (Fsp3) is 0.538. The largest absolute Gasteiger partial charge is 0.416 e. The van der Waals surface area contributed by atoms with Gasteiger partial charge in [0, 0.05) is 19.6 Å². The van der Waals surface area contributed by atoms with E-state index in [4.69, 9.17) is 5.73 Å². The Morgan fingerprint density at radius 2 is 1.95 bits per heavy atom. The molecule has 1 atom stereocenters. The quantitative estimate of drug-likeness (QED) is 0.879. The van der Waals surface area contributed by atoms with Crippen molar-refractivity contribution in [3.63, 3.8) is 0 Å². The van der Waals surface area contributed by atoms with Gasteiger partial charge in [-0.25, -0.2) is 8.42 Å². The van der Waals surface area contributed by atoms with Crippen LogP contribution in [0.15, 0.2) is 29.2 Å². The van der Waals surface area contributed by atoms with Crippen molar-refractivity contribution in [1.29, 1.82) is 0 Å². The second-order valence-corrected chi connectivity index (χ2v) is 7.18. The lowest BCUT2D eigenvalue weighted by Crippen LogP contribution is -2.43. The van der Waals surface area contributed by atoms with E-state index in [0.717, 1.165) is 29.3 Å². The first-order chi connectivity index (χ1) is 9.67. The molecule has 22 heavy (non-hydrogen) atoms. The van der Waals surface area contributed by atoms with Crippen molar-refractivity contribution in [2.45, 2.75) is 30.0 Å². The Balaban J connectivity index is 0.00000242. The van der Waals surface area contributed by atoms with Crippen LogP contribution in [0.2, 0.25) is 0 Å². The van der Waals surface area contributed by atoms with Crippen molar-refractivity contribution in [2.75, 3.05) is 13.6 Å². The van der Waals surface area contributed by atoms with E-state index in [9.17, 15) is 21.6 Å². The Bertz CT molecular complexity index is 618. The first kappa shape index (κ1) is 19.2. The van der Waals surface area contributed by atoms with Gasteiger partial charge in [0.05, 0.1) is 10.5 Å². The van der Waals surface area contributed by atoms with Crippen LogP contribution in [0.1, 0.15) is 18.4 Å². The molecule has 1 saturated carbocycles. The Morgan fingerprint density at radius 3 is 2.41 bits per heavy atom. The lowest BCUT2D eigenvalue weighted by Gasteiger charge is -2.26. The van der Waals surface area contributed by atoms with Crippen molar-refractivity contribution >= 4 is 22.4 Å². The summed E-state index contributed by atoms with van der Waals surface area (Å²) in [4.78, 5) is -0.362. The zero-order chi connectivity index (χ0) is 15.8. The zero-order valence-electron chi connectivity index (χ0n) is 11.9. The first-order valence-electron chi connectivity index (χ1n) is 6.53. The van der Waals surface area contributed by atoms with Gasteiger partial charge in [-0.1, -0.05) is 6.07 Å². The molecule has 9 heteroatoms. The summed E-state index contributed by atoms with van der Waals surface area (Å²) in [5.41, 5.74) is 4.62. The molecule has 126 valence electrons. The first-order valence-corrected chi connectivity index (χ1v) is 7.97. The van der Waals surface area contributed by atoms with Gasteiger partial charge in [0.1, 0.15) is 0 Å². The molecule has 1 aromatic rings. The molecule has 0 heterocycles. The molecular formula is C13H18ClF3N2O2S. The molecule has 0 radical (unpaired) electrons. The van der Waals surface area contributed by atoms with Crippen molar-refractivity contribution in [3.8, 4) is 0 Å². The van der Waals surface area contributed by atoms with E-state index in [0.29, 0.717) is 6.07 Å². The van der Waals surface area contributed by atoms with E-state index in [1.807, 2.05) is 0 Å². The van der Waals surface area contributed by atoms with Gasteiger partial charge in [0.2, 0.25) is 10.0 Å². The normalized spacial score (nSPS) is 17.2. The van der Waals surface area contributed by atoms with E-state index in [2.05, 4.69) is 0 Å². The molecule has 0 amide bonds. The number of nitrogens with zero attached hydrogens (tertiary/aromatic N) is 1. The van der Waals surface area contributed by atoms with E-state index in [-0.39, 0.29) is 35.8 Å². The van der Waals surface area contributed by atoms with Crippen LogP contribution in [0.3, 0.4) is 0 Å². The molecule has 2 N–H and O–H groups in total. The van der Waals surface area contributed by atoms with E-state index in [1.54, 1.807) is 0 Å². The number of hydrogen-bond donors (Lipinski definition) is 1. The molecule has 1 aliphatic carbocycles. The number of alkyl halides is 3. The molecule has 0 bridgehead atoms. The highest BCUT2D eigenvalue weighted by atomic mass is 35.5. The summed E-state index contributed by atoms with van der Waals surface area (Å²) in [5, 5.41) is 0. The number of halogens is 4. The molecule has 1 aromatic carbocycles. The summed E-state index contributed by atoms with van der Waals surface area (Å²) < 4.78 is 64.1. The Hall–Kier alpha value is -0.830. The number of rotatable bonds is 5. The van der Waals surface area contributed by atoms with Crippen molar-refractivity contribution < 1.29 is 21.6 Å². The molecule has 4 nitrogen and oxygen atoms in total. The smallest absolute Gasteiger partial charge is 0.329 e. The third-order valence-corrected chi connectivity index (χ3v) is 5.59. The minimum Gasteiger partial charge on any atom is -0.329 e. The third-order valence-electron chi connectivity index (χ3n) is 3.71. The SMILES string of the molecule is CN(C(CN)C1CC1)S(=O)(=O)c1cccc(C(F)(F)F)c1.Cl. The zero-order valence-corrected chi connectivity index (χ0v) is 13.5. The maximum Gasteiger partial charge on any atom is 0.416 e. The van der Waals surface area contributed by atoms with Gasteiger partial charge in [-0.3, -0.25) is 0 Å². The molecule has 1 fully saturated rings. The highest BCUT2D eigenvalue weighted by Gasteiger charge is 2.39. The summed E-state index contributed by atoms with van der Waals surface area (Å²) in [7, 11) is -2.62. The summed E-state index contributed by atoms with van der Waals surface area (Å²) in [6.07, 6.45) is -2.79. The Labute approximate surface area is 133 Å². The summed E-state index contributed by atoms with van der Waals surface area (Å²) in [6.45, 7) is 0.152. The third kappa shape index (κ3) is 3.92. The van der Waals surface area contributed by atoms with Gasteiger partial charge in [-0.05, 0) is 37.0 Å². The predicted molar refractivity (Wildman–Crippen MR) is 79.2 cm³/mol. The maximum atomic E-state index is 12.7. The van der Waals surface area contributed by atoms with Crippen LogP contribution in [-0.4, -0.2) is 32.4 Å². The number of likely N-dealkylation sites (N-methyl/N-ethyl adjacent to an activating group) is 1. The second-order valence-electron chi connectivity index (χ2n) is 5.19. The highest BCUT2D eigenvalue weighted by molar-refractivity contribution is 7.89. The highest BCUT2D eigenvalue weighted by Crippen LogP contribution is 2.37. The van der Waals surface area contributed by atoms with E-state index >= 15 is 0 Å². The fourth-order valence-corrected chi connectivity index (χ4v) is 3.77. The van der Waals surface area contributed by atoms with Crippen LogP contribution < -0.4 is 5.73 Å². The van der Waals surface area contributed by atoms with E-state index in [1.165, 1.54) is 13.1 Å². The van der Waals surface area contributed by atoms with Gasteiger partial charge in [0.15, 0.2) is 0 Å². The number of nitrogens with two attached hydrogens (primary N) is 1. The molecular weight excluding hydrogens is 341 g/mol. The summed E-state index contributed by atoms with van der Waals surface area (Å²) >= 11 is 0. The van der Waals surface area contributed by atoms with Crippen LogP contribution in [0.5, 0.6) is 0 Å². The average Bonchev–Trinajstić information content (AvgIpc) is 3.23. The van der Waals surface area contributed by atoms with Gasteiger partial charge >= 0.3 is 6.18 Å². The summed E-state index contributed by atoms with van der Waals surface area (Å²) in [6, 6.07) is 3.40. The van der Waals surface area contributed by atoms with Crippen LogP contribution in [0.25, 0.3) is 0 Å². The molecule has 1 unspecified atom stereocenters. The Kier molecular flexibility index (Phi) is 5.88. The van der Waals surface area contributed by atoms with Gasteiger partial charge < -0.3 is 5.73 Å². The number of sulfonamides is 1. The molecule has 1 aliphatic rings. The maximum absolute atomic E-state index is 12.7. The molecule has 0 aliphatic heterocycles. The predicted octanol–water partition coefficient (Wildman–Crippen LogP) is 2.49. The van der Waals surface area contributed by atoms with Gasteiger partial charge in [-0.2, -0.15) is 17.5 Å². The molecule has 0 saturated heterocycles. The molecule has 0 spiro atoms. The topological polar surface area (TPSA) is 63.4 Å². The van der Waals surface area contributed by atoms with Crippen LogP contribution in [0.4, 0.5) is 13.2 Å². The monoisotopic (exact) mass is 358 g/mol. The fourth-order valence-electron chi connectivity index (χ4n) is 2.30. The second kappa shape index (κ2) is 6.74. The van der Waals surface area contributed by atoms with Crippen LogP contribution in [-0.2, 0) is 16.2 Å². The van der Waals surface area contributed by atoms with Crippen molar-refractivity contribution in [3.05, 3.63) is 29.8 Å². The van der Waals surface area contributed by atoms with Crippen molar-refractivity contribution in [1.82, 2.24) is 4.31 Å². The minimum absolute atomic E-state index is 0. The standard InChI is InChI=1S/C13H17F3N2O2S.ClH/c1-18(12(8-17)9-5-6-9)21(19,20)11-4-2-3-10(7-11)13(14,15)16;/h2-4,7,9,12H,5-6,8,17H2,1H3;1H. The lowest BCUT2D eigenvalue weighted by atomic mass is 10.2.